The second-order valence-corrected chi connectivity index (χ2v) is 11.2. The normalized spacial score (nSPS) is 12.2. The number of nitrogens with zero attached hydrogens (tertiary/aromatic N) is 5. The van der Waals surface area contributed by atoms with Crippen molar-refractivity contribution in [2.75, 3.05) is 0 Å². The smallest absolute Gasteiger partial charge is 0.277 e. The van der Waals surface area contributed by atoms with Crippen LogP contribution in [0.15, 0.2) is 80.4 Å². The Balaban J connectivity index is 1.88. The summed E-state index contributed by atoms with van der Waals surface area (Å²) in [7, 11) is -3.01. The minimum atomic E-state index is -4.61. The van der Waals surface area contributed by atoms with Crippen molar-refractivity contribution in [3.63, 3.8) is 0 Å². The van der Waals surface area contributed by atoms with Crippen LogP contribution in [0.5, 0.6) is 5.88 Å². The molecule has 1 atom stereocenters. The van der Waals surface area contributed by atoms with E-state index in [1.165, 1.54) is 27.5 Å². The minimum absolute atomic E-state index is 0.251. The van der Waals surface area contributed by atoms with E-state index >= 15 is 0 Å². The van der Waals surface area contributed by atoms with Crippen molar-refractivity contribution in [1.82, 2.24) is 19.1 Å². The number of hydrogen-bond donors (Lipinski definition) is 1. The Morgan fingerprint density at radius 1 is 1.07 bits per heavy atom. The summed E-state index contributed by atoms with van der Waals surface area (Å²) in [5.41, 5.74) is 0.576. The topological polar surface area (TPSA) is 148 Å². The standard InChI is InChI=1S/C29H29N5O5S/c1-4-6-12-24-32-27(35)26(29(37)34(24)23(5-2)20-10-7-9-19(16-20)17-30)40(38,39)25-14-13-21(18-31-25)22-11-8-15-33(3)28(22)36/h7-11,13-16,18,23,35H,4-6,12H2,1-3H3. The van der Waals surface area contributed by atoms with Gasteiger partial charge in [-0.05, 0) is 54.8 Å². The number of sulfone groups is 1. The molecule has 40 heavy (non-hydrogen) atoms. The fourth-order valence-electron chi connectivity index (χ4n) is 4.62. The predicted octanol–water partition coefficient (Wildman–Crippen LogP) is 3.76. The molecule has 0 spiro atoms. The lowest BCUT2D eigenvalue weighted by Gasteiger charge is -2.23. The molecular formula is C29H29N5O5S. The molecule has 0 radical (unpaired) electrons. The van der Waals surface area contributed by atoms with Crippen LogP contribution in [-0.2, 0) is 23.3 Å². The molecule has 10 nitrogen and oxygen atoms in total. The molecule has 0 saturated carbocycles. The summed E-state index contributed by atoms with van der Waals surface area (Å²) >= 11 is 0. The number of benzene rings is 1. The first-order chi connectivity index (χ1) is 19.1. The predicted molar refractivity (Wildman–Crippen MR) is 149 cm³/mol. The Morgan fingerprint density at radius 3 is 2.50 bits per heavy atom. The van der Waals surface area contributed by atoms with Crippen LogP contribution in [0.25, 0.3) is 11.1 Å². The van der Waals surface area contributed by atoms with E-state index in [9.17, 15) is 28.4 Å². The van der Waals surface area contributed by atoms with Crippen LogP contribution in [0.1, 0.15) is 56.1 Å². The van der Waals surface area contributed by atoms with Crippen LogP contribution in [0, 0.1) is 11.3 Å². The summed E-state index contributed by atoms with van der Waals surface area (Å²) in [4.78, 5) is 33.8. The van der Waals surface area contributed by atoms with Crippen molar-refractivity contribution in [3.8, 4) is 23.1 Å². The number of aromatic nitrogens is 4. The second-order valence-electron chi connectivity index (χ2n) is 9.35. The lowest BCUT2D eigenvalue weighted by Crippen LogP contribution is -2.33. The van der Waals surface area contributed by atoms with E-state index in [0.717, 1.165) is 6.42 Å². The first kappa shape index (κ1) is 28.4. The zero-order valence-corrected chi connectivity index (χ0v) is 23.2. The monoisotopic (exact) mass is 559 g/mol. The molecule has 1 aromatic carbocycles. The molecule has 0 aliphatic rings. The summed E-state index contributed by atoms with van der Waals surface area (Å²) in [5.74, 6) is -0.642. The third-order valence-corrected chi connectivity index (χ3v) is 8.38. The van der Waals surface area contributed by atoms with Gasteiger partial charge in [0.05, 0.1) is 17.7 Å². The molecule has 4 rings (SSSR count). The SMILES string of the molecule is CCCCc1nc(O)c(S(=O)(=O)c2ccc(-c3cccn(C)c3=O)cn2)c(=O)n1C(CC)c1cccc(C#N)c1. The lowest BCUT2D eigenvalue weighted by atomic mass is 10.0. The zero-order chi connectivity index (χ0) is 29.0. The highest BCUT2D eigenvalue weighted by Gasteiger charge is 2.32. The molecule has 0 aliphatic carbocycles. The summed E-state index contributed by atoms with van der Waals surface area (Å²) in [6.45, 7) is 3.81. The third-order valence-electron chi connectivity index (χ3n) is 6.70. The van der Waals surface area contributed by atoms with E-state index in [-0.39, 0.29) is 11.4 Å². The van der Waals surface area contributed by atoms with Gasteiger partial charge < -0.3 is 9.67 Å². The number of aromatic hydroxyl groups is 1. The molecular weight excluding hydrogens is 530 g/mol. The van der Waals surface area contributed by atoms with E-state index < -0.39 is 37.2 Å². The van der Waals surface area contributed by atoms with Gasteiger partial charge in [-0.1, -0.05) is 32.4 Å². The molecule has 4 aromatic rings. The Morgan fingerprint density at radius 2 is 1.85 bits per heavy atom. The van der Waals surface area contributed by atoms with Crippen LogP contribution < -0.4 is 11.1 Å². The van der Waals surface area contributed by atoms with Crippen molar-refractivity contribution >= 4 is 9.84 Å². The van der Waals surface area contributed by atoms with Crippen LogP contribution in [-0.4, -0.2) is 32.6 Å². The Bertz CT molecular complexity index is 1820. The number of hydrogen-bond acceptors (Lipinski definition) is 8. The maximum atomic E-state index is 13.9. The van der Waals surface area contributed by atoms with Crippen molar-refractivity contribution in [2.24, 2.45) is 7.05 Å². The Kier molecular flexibility index (Phi) is 8.30. The van der Waals surface area contributed by atoms with E-state index in [2.05, 4.69) is 16.0 Å². The number of rotatable bonds is 9. The first-order valence-electron chi connectivity index (χ1n) is 12.9. The summed E-state index contributed by atoms with van der Waals surface area (Å²) in [5, 5.41) is 19.7. The summed E-state index contributed by atoms with van der Waals surface area (Å²) in [6, 6.07) is 14.1. The van der Waals surface area contributed by atoms with Crippen molar-refractivity contribution in [1.29, 1.82) is 5.26 Å². The maximum absolute atomic E-state index is 13.9. The van der Waals surface area contributed by atoms with Gasteiger partial charge in [-0.15, -0.1) is 0 Å². The average Bonchev–Trinajstić information content (AvgIpc) is 2.95. The van der Waals surface area contributed by atoms with Crippen molar-refractivity contribution in [2.45, 2.75) is 55.5 Å². The summed E-state index contributed by atoms with van der Waals surface area (Å²) in [6.07, 6.45) is 5.03. The molecule has 206 valence electrons. The third kappa shape index (κ3) is 5.31. The fraction of sp³-hybridized carbons (Fsp3) is 0.276. The quantitative estimate of drug-likeness (QED) is 0.326. The number of unbranched alkanes of at least 4 members (excludes halogenated alkanes) is 1. The molecule has 3 aromatic heterocycles. The molecule has 0 saturated heterocycles. The molecule has 0 aliphatic heterocycles. The van der Waals surface area contributed by atoms with Gasteiger partial charge in [0, 0.05) is 37.0 Å². The number of nitriles is 1. The van der Waals surface area contributed by atoms with E-state index in [4.69, 9.17) is 0 Å². The maximum Gasteiger partial charge on any atom is 0.277 e. The fourth-order valence-corrected chi connectivity index (χ4v) is 5.88. The van der Waals surface area contributed by atoms with Crippen molar-refractivity contribution in [3.05, 3.63) is 98.6 Å². The first-order valence-corrected chi connectivity index (χ1v) is 14.3. The largest absolute Gasteiger partial charge is 0.492 e. The van der Waals surface area contributed by atoms with Crippen LogP contribution in [0.2, 0.25) is 0 Å². The molecule has 11 heteroatoms. The van der Waals surface area contributed by atoms with Gasteiger partial charge in [0.2, 0.25) is 20.6 Å². The van der Waals surface area contributed by atoms with E-state index in [1.54, 1.807) is 49.6 Å². The molecule has 0 bridgehead atoms. The highest BCUT2D eigenvalue weighted by molar-refractivity contribution is 7.91. The van der Waals surface area contributed by atoms with Crippen molar-refractivity contribution < 1.29 is 13.5 Å². The number of pyridine rings is 2. The van der Waals surface area contributed by atoms with Crippen LogP contribution >= 0.6 is 0 Å². The van der Waals surface area contributed by atoms with Gasteiger partial charge >= 0.3 is 0 Å². The highest BCUT2D eigenvalue weighted by atomic mass is 32.2. The van der Waals surface area contributed by atoms with Gasteiger partial charge in [0.1, 0.15) is 5.82 Å². The van der Waals surface area contributed by atoms with Gasteiger partial charge in [-0.3, -0.25) is 14.2 Å². The van der Waals surface area contributed by atoms with E-state index in [1.807, 2.05) is 13.8 Å². The Labute approximate surface area is 231 Å². The average molecular weight is 560 g/mol. The van der Waals surface area contributed by atoms with Crippen LogP contribution in [0.3, 0.4) is 0 Å². The summed E-state index contributed by atoms with van der Waals surface area (Å²) < 4.78 is 30.1. The van der Waals surface area contributed by atoms with Gasteiger partial charge in [0.25, 0.3) is 11.1 Å². The van der Waals surface area contributed by atoms with Gasteiger partial charge in [-0.2, -0.15) is 10.2 Å². The minimum Gasteiger partial charge on any atom is -0.492 e. The van der Waals surface area contributed by atoms with Gasteiger partial charge in [0.15, 0.2) is 5.03 Å². The lowest BCUT2D eigenvalue weighted by molar-refractivity contribution is 0.406. The molecule has 0 fully saturated rings. The van der Waals surface area contributed by atoms with Crippen LogP contribution in [0.4, 0.5) is 0 Å². The molecule has 1 N–H and O–H groups in total. The molecule has 3 heterocycles. The second kappa shape index (κ2) is 11.7. The highest BCUT2D eigenvalue weighted by Crippen LogP contribution is 2.29. The zero-order valence-electron chi connectivity index (χ0n) is 22.4. The molecule has 1 unspecified atom stereocenters. The molecule has 0 amide bonds. The number of aryl methyl sites for hydroxylation is 2. The Hall–Kier alpha value is -4.56. The van der Waals surface area contributed by atoms with Gasteiger partial charge in [-0.25, -0.2) is 13.4 Å². The van der Waals surface area contributed by atoms with E-state index in [0.29, 0.717) is 41.5 Å².